The quantitative estimate of drug-likeness (QED) is 0.229. The number of ketones is 1. The lowest BCUT2D eigenvalue weighted by molar-refractivity contribution is -0.132. The number of ether oxygens (including phenoxy) is 2. The fourth-order valence-electron chi connectivity index (χ4n) is 4.68. The Morgan fingerprint density at radius 1 is 1.11 bits per heavy atom. The summed E-state index contributed by atoms with van der Waals surface area (Å²) in [6.07, 6.45) is 2.97. The van der Waals surface area contributed by atoms with Crippen LogP contribution in [0.1, 0.15) is 53.5 Å². The number of pyridine rings is 1. The Morgan fingerprint density at radius 3 is 2.57 bits per heavy atom. The lowest BCUT2D eigenvalue weighted by Gasteiger charge is -2.24. The van der Waals surface area contributed by atoms with Gasteiger partial charge in [-0.25, -0.2) is 4.79 Å². The number of benzene rings is 2. The number of rotatable bonds is 6. The summed E-state index contributed by atoms with van der Waals surface area (Å²) in [5.41, 5.74) is 2.43. The number of hydrogen-bond donors (Lipinski definition) is 1. The molecular weight excluding hydrogens is 472 g/mol. The molecule has 1 aromatic heterocycles. The van der Waals surface area contributed by atoms with Crippen molar-refractivity contribution in [2.45, 2.75) is 38.8 Å². The summed E-state index contributed by atoms with van der Waals surface area (Å²) in [6.45, 7) is 4.17. The van der Waals surface area contributed by atoms with Crippen molar-refractivity contribution in [3.63, 3.8) is 0 Å². The first-order valence-corrected chi connectivity index (χ1v) is 12.2. The van der Waals surface area contributed by atoms with Gasteiger partial charge in [-0.2, -0.15) is 0 Å². The van der Waals surface area contributed by atoms with E-state index >= 15 is 0 Å². The highest BCUT2D eigenvalue weighted by molar-refractivity contribution is 6.51. The largest absolute Gasteiger partial charge is 0.507 e. The number of aliphatic hydroxyl groups is 1. The Balaban J connectivity index is 1.58. The number of nitrogens with zero attached hydrogens (tertiary/aromatic N) is 2. The van der Waals surface area contributed by atoms with Gasteiger partial charge >= 0.3 is 5.97 Å². The second-order valence-corrected chi connectivity index (χ2v) is 9.06. The molecule has 2 aliphatic rings. The topological polar surface area (TPSA) is 106 Å². The molecule has 5 rings (SSSR count). The third kappa shape index (κ3) is 4.46. The molecule has 8 nitrogen and oxygen atoms in total. The molecule has 0 saturated carbocycles. The molecule has 1 fully saturated rings. The van der Waals surface area contributed by atoms with Gasteiger partial charge in [-0.3, -0.25) is 19.5 Å². The molecule has 0 radical (unpaired) electrons. The summed E-state index contributed by atoms with van der Waals surface area (Å²) in [5.74, 6) is -1.62. The molecule has 2 aliphatic heterocycles. The Kier molecular flexibility index (Phi) is 6.48. The van der Waals surface area contributed by atoms with Crippen LogP contribution in [0.3, 0.4) is 0 Å². The number of amides is 1. The van der Waals surface area contributed by atoms with Gasteiger partial charge in [0.1, 0.15) is 23.7 Å². The van der Waals surface area contributed by atoms with E-state index in [0.717, 1.165) is 11.3 Å². The first-order chi connectivity index (χ1) is 17.9. The number of carbonyl (C=O) groups is 3. The third-order valence-electron chi connectivity index (χ3n) is 6.40. The second-order valence-electron chi connectivity index (χ2n) is 9.06. The number of aliphatic hydroxyl groups excluding tert-OH is 1. The number of fused-ring (bicyclic) bond motifs is 1. The van der Waals surface area contributed by atoms with E-state index in [0.29, 0.717) is 42.0 Å². The number of esters is 1. The molecule has 2 unspecified atom stereocenters. The molecule has 3 aromatic rings. The van der Waals surface area contributed by atoms with Gasteiger partial charge < -0.3 is 14.6 Å². The predicted octanol–water partition coefficient (Wildman–Crippen LogP) is 4.60. The van der Waals surface area contributed by atoms with Crippen molar-refractivity contribution in [2.75, 3.05) is 11.5 Å². The van der Waals surface area contributed by atoms with E-state index in [4.69, 9.17) is 9.47 Å². The minimum absolute atomic E-state index is 0.0220. The Labute approximate surface area is 214 Å². The van der Waals surface area contributed by atoms with Gasteiger partial charge in [-0.05, 0) is 73.5 Å². The van der Waals surface area contributed by atoms with Crippen LogP contribution in [0.25, 0.3) is 5.76 Å². The molecular formula is C29H26N2O6. The van der Waals surface area contributed by atoms with Gasteiger partial charge in [0.05, 0.1) is 23.4 Å². The van der Waals surface area contributed by atoms with Gasteiger partial charge in [-0.1, -0.05) is 13.0 Å². The summed E-state index contributed by atoms with van der Waals surface area (Å²) >= 11 is 0. The lowest BCUT2D eigenvalue weighted by Crippen LogP contribution is -2.29. The van der Waals surface area contributed by atoms with Crippen molar-refractivity contribution in [1.82, 2.24) is 4.98 Å². The first-order valence-electron chi connectivity index (χ1n) is 12.2. The van der Waals surface area contributed by atoms with Gasteiger partial charge in [0, 0.05) is 23.9 Å². The maximum absolute atomic E-state index is 13.3. The third-order valence-corrected chi connectivity index (χ3v) is 6.40. The lowest BCUT2D eigenvalue weighted by atomic mass is 9.96. The summed E-state index contributed by atoms with van der Waals surface area (Å²) in [6, 6.07) is 15.7. The SMILES string of the molecule is CCCOC(=O)c1ccc(N2C(=O)C(=O)/C(=C(\O)c3ccc4c(c3)CC(C)O4)C2c2ccccn2)cc1. The molecule has 2 atom stereocenters. The van der Waals surface area contributed by atoms with E-state index in [1.807, 2.05) is 13.8 Å². The number of Topliss-reactive ketones (excluding diaryl/α,β-unsaturated/α-hetero) is 1. The molecule has 2 aromatic carbocycles. The molecule has 37 heavy (non-hydrogen) atoms. The molecule has 0 bridgehead atoms. The van der Waals surface area contributed by atoms with Crippen LogP contribution >= 0.6 is 0 Å². The van der Waals surface area contributed by atoms with Crippen molar-refractivity contribution in [3.8, 4) is 5.75 Å². The number of carbonyl (C=O) groups excluding carboxylic acids is 3. The smallest absolute Gasteiger partial charge is 0.338 e. The molecule has 0 aliphatic carbocycles. The average molecular weight is 499 g/mol. The summed E-state index contributed by atoms with van der Waals surface area (Å²) in [7, 11) is 0. The van der Waals surface area contributed by atoms with E-state index in [1.54, 1.807) is 66.9 Å². The minimum Gasteiger partial charge on any atom is -0.507 e. The van der Waals surface area contributed by atoms with Crippen LogP contribution < -0.4 is 9.64 Å². The first kappa shape index (κ1) is 24.2. The van der Waals surface area contributed by atoms with Crippen LogP contribution in [0.5, 0.6) is 5.75 Å². The number of aromatic nitrogens is 1. The maximum Gasteiger partial charge on any atom is 0.338 e. The zero-order valence-corrected chi connectivity index (χ0v) is 20.5. The molecule has 3 heterocycles. The fourth-order valence-corrected chi connectivity index (χ4v) is 4.68. The summed E-state index contributed by atoms with van der Waals surface area (Å²) in [4.78, 5) is 44.6. The number of anilines is 1. The highest BCUT2D eigenvalue weighted by atomic mass is 16.5. The fraction of sp³-hybridized carbons (Fsp3) is 0.241. The molecule has 1 amide bonds. The molecule has 8 heteroatoms. The van der Waals surface area contributed by atoms with Crippen LogP contribution in [0, 0.1) is 0 Å². The van der Waals surface area contributed by atoms with E-state index in [9.17, 15) is 19.5 Å². The zero-order chi connectivity index (χ0) is 26.1. The second kappa shape index (κ2) is 9.89. The highest BCUT2D eigenvalue weighted by Gasteiger charge is 2.47. The van der Waals surface area contributed by atoms with Crippen molar-refractivity contribution < 1.29 is 29.0 Å². The van der Waals surface area contributed by atoms with E-state index in [-0.39, 0.29) is 17.4 Å². The van der Waals surface area contributed by atoms with Crippen LogP contribution in [0.2, 0.25) is 0 Å². The van der Waals surface area contributed by atoms with Crippen molar-refractivity contribution in [3.05, 3.63) is 94.8 Å². The summed E-state index contributed by atoms with van der Waals surface area (Å²) < 4.78 is 10.9. The van der Waals surface area contributed by atoms with Gasteiger partial charge in [0.25, 0.3) is 11.7 Å². The van der Waals surface area contributed by atoms with Gasteiger partial charge in [-0.15, -0.1) is 0 Å². The molecule has 188 valence electrons. The molecule has 1 N–H and O–H groups in total. The van der Waals surface area contributed by atoms with Crippen molar-refractivity contribution in [1.29, 1.82) is 0 Å². The van der Waals surface area contributed by atoms with Crippen LogP contribution in [0.4, 0.5) is 5.69 Å². The van der Waals surface area contributed by atoms with E-state index in [1.165, 1.54) is 4.90 Å². The Hall–Kier alpha value is -4.46. The van der Waals surface area contributed by atoms with Gasteiger partial charge in [0.15, 0.2) is 0 Å². The van der Waals surface area contributed by atoms with Crippen LogP contribution in [-0.4, -0.2) is 40.5 Å². The average Bonchev–Trinajstić information content (AvgIpc) is 3.42. The minimum atomic E-state index is -0.956. The van der Waals surface area contributed by atoms with Crippen LogP contribution in [-0.2, 0) is 20.7 Å². The Bertz CT molecular complexity index is 1400. The zero-order valence-electron chi connectivity index (χ0n) is 20.5. The predicted molar refractivity (Wildman–Crippen MR) is 136 cm³/mol. The van der Waals surface area contributed by atoms with Crippen molar-refractivity contribution >= 4 is 29.1 Å². The van der Waals surface area contributed by atoms with Crippen LogP contribution in [0.15, 0.2) is 72.4 Å². The standard InChI is InChI=1S/C29H26N2O6/c1-3-14-36-29(35)18-7-10-21(11-8-18)31-25(22-6-4-5-13-30-22)24(27(33)28(31)34)26(32)19-9-12-23-20(16-19)15-17(2)37-23/h4-13,16-17,25,32H,3,14-15H2,1-2H3/b26-24-. The molecule has 0 spiro atoms. The van der Waals surface area contributed by atoms with E-state index in [2.05, 4.69) is 4.98 Å². The van der Waals surface area contributed by atoms with E-state index < -0.39 is 23.7 Å². The Morgan fingerprint density at radius 2 is 1.86 bits per heavy atom. The van der Waals surface area contributed by atoms with Gasteiger partial charge in [0.2, 0.25) is 0 Å². The highest BCUT2D eigenvalue weighted by Crippen LogP contribution is 2.42. The number of hydrogen-bond acceptors (Lipinski definition) is 7. The summed E-state index contributed by atoms with van der Waals surface area (Å²) in [5, 5.41) is 11.4. The maximum atomic E-state index is 13.3. The normalized spacial score (nSPS) is 20.0. The van der Waals surface area contributed by atoms with Crippen molar-refractivity contribution in [2.24, 2.45) is 0 Å². The molecule has 1 saturated heterocycles. The monoisotopic (exact) mass is 498 g/mol.